The molecule has 1 aromatic carbocycles. The maximum Gasteiger partial charge on any atom is 0.224 e. The molecular weight excluding hydrogens is 306 g/mol. The number of nitrogens with zero attached hydrogens (tertiary/aromatic N) is 2. The van der Waals surface area contributed by atoms with Crippen LogP contribution in [0.3, 0.4) is 0 Å². The summed E-state index contributed by atoms with van der Waals surface area (Å²) in [5.74, 6) is 0.164. The number of hydrogen-bond acceptors (Lipinski definition) is 4. The van der Waals surface area contributed by atoms with Crippen molar-refractivity contribution in [1.82, 2.24) is 9.80 Å². The van der Waals surface area contributed by atoms with Crippen LogP contribution in [0.2, 0.25) is 0 Å². The second kappa shape index (κ2) is 7.73. The van der Waals surface area contributed by atoms with Gasteiger partial charge < -0.3 is 10.6 Å². The maximum absolute atomic E-state index is 12.4. The number of benzene rings is 1. The molecule has 0 radical (unpaired) electrons. The normalized spacial score (nSPS) is 17.2. The Hall–Kier alpha value is -1.69. The first-order valence-electron chi connectivity index (χ1n) is 8.05. The highest BCUT2D eigenvalue weighted by molar-refractivity contribution is 7.09. The monoisotopic (exact) mass is 329 g/mol. The zero-order chi connectivity index (χ0) is 16.1. The minimum atomic E-state index is -0.215. The van der Waals surface area contributed by atoms with Gasteiger partial charge in [-0.2, -0.15) is 0 Å². The highest BCUT2D eigenvalue weighted by atomic mass is 32.1. The number of carbonyl (C=O) groups excluding carboxylic acids is 1. The molecule has 1 unspecified atom stereocenters. The molecule has 23 heavy (non-hydrogen) atoms. The summed E-state index contributed by atoms with van der Waals surface area (Å²) in [5.41, 5.74) is 7.19. The van der Waals surface area contributed by atoms with Gasteiger partial charge in [-0.25, -0.2) is 0 Å². The van der Waals surface area contributed by atoms with Crippen molar-refractivity contribution in [3.05, 3.63) is 58.3 Å². The summed E-state index contributed by atoms with van der Waals surface area (Å²) in [6.45, 7) is 4.45. The van der Waals surface area contributed by atoms with Crippen LogP contribution in [0.25, 0.3) is 0 Å². The van der Waals surface area contributed by atoms with Crippen molar-refractivity contribution < 1.29 is 4.79 Å². The van der Waals surface area contributed by atoms with Crippen molar-refractivity contribution in [2.45, 2.75) is 19.0 Å². The molecule has 1 aromatic heterocycles. The quantitative estimate of drug-likeness (QED) is 0.917. The fraction of sp³-hybridized carbons (Fsp3) is 0.389. The summed E-state index contributed by atoms with van der Waals surface area (Å²) >= 11 is 1.79. The van der Waals surface area contributed by atoms with E-state index in [2.05, 4.69) is 22.4 Å². The average molecular weight is 329 g/mol. The molecule has 1 atom stereocenters. The van der Waals surface area contributed by atoms with E-state index in [0.717, 1.165) is 38.3 Å². The van der Waals surface area contributed by atoms with Gasteiger partial charge in [-0.3, -0.25) is 9.69 Å². The molecule has 1 aliphatic heterocycles. The highest BCUT2D eigenvalue weighted by Crippen LogP contribution is 2.17. The molecule has 0 saturated carbocycles. The van der Waals surface area contributed by atoms with Gasteiger partial charge in [-0.05, 0) is 17.0 Å². The lowest BCUT2D eigenvalue weighted by atomic mass is 10.0. The maximum atomic E-state index is 12.4. The molecule has 3 rings (SSSR count). The average Bonchev–Trinajstić information content (AvgIpc) is 3.09. The molecule has 122 valence electrons. The molecular formula is C18H23N3OS. The SMILES string of the molecule is NC(CC(=O)N1CCN(Cc2cccs2)CC1)c1ccccc1. The number of nitrogens with two attached hydrogens (primary N) is 1. The van der Waals surface area contributed by atoms with Crippen molar-refractivity contribution >= 4 is 17.2 Å². The van der Waals surface area contributed by atoms with E-state index >= 15 is 0 Å². The Morgan fingerprint density at radius 3 is 2.48 bits per heavy atom. The number of thiophene rings is 1. The summed E-state index contributed by atoms with van der Waals surface area (Å²) in [4.78, 5) is 18.2. The van der Waals surface area contributed by atoms with Crippen LogP contribution in [0.4, 0.5) is 0 Å². The number of amides is 1. The van der Waals surface area contributed by atoms with E-state index in [0.29, 0.717) is 6.42 Å². The van der Waals surface area contributed by atoms with Crippen LogP contribution < -0.4 is 5.73 Å². The lowest BCUT2D eigenvalue weighted by molar-refractivity contribution is -0.133. The summed E-state index contributed by atoms with van der Waals surface area (Å²) < 4.78 is 0. The van der Waals surface area contributed by atoms with Gasteiger partial charge in [0.25, 0.3) is 0 Å². The Morgan fingerprint density at radius 2 is 1.83 bits per heavy atom. The van der Waals surface area contributed by atoms with Crippen LogP contribution >= 0.6 is 11.3 Å². The Morgan fingerprint density at radius 1 is 1.09 bits per heavy atom. The molecule has 5 heteroatoms. The van der Waals surface area contributed by atoms with Crippen LogP contribution in [0, 0.1) is 0 Å². The molecule has 0 aliphatic carbocycles. The van der Waals surface area contributed by atoms with Crippen LogP contribution in [0.1, 0.15) is 22.9 Å². The summed E-state index contributed by atoms with van der Waals surface area (Å²) in [5, 5.41) is 2.11. The van der Waals surface area contributed by atoms with Crippen LogP contribution in [-0.4, -0.2) is 41.9 Å². The minimum absolute atomic E-state index is 0.164. The summed E-state index contributed by atoms with van der Waals surface area (Å²) in [6.07, 6.45) is 0.384. The molecule has 0 spiro atoms. The fourth-order valence-corrected chi connectivity index (χ4v) is 3.66. The molecule has 1 amide bonds. The van der Waals surface area contributed by atoms with Crippen molar-refractivity contribution in [3.8, 4) is 0 Å². The lowest BCUT2D eigenvalue weighted by Crippen LogP contribution is -2.48. The number of carbonyl (C=O) groups is 1. The van der Waals surface area contributed by atoms with Crippen LogP contribution in [-0.2, 0) is 11.3 Å². The van der Waals surface area contributed by atoms with Gasteiger partial charge >= 0.3 is 0 Å². The number of hydrogen-bond donors (Lipinski definition) is 1. The first-order valence-corrected chi connectivity index (χ1v) is 8.93. The van der Waals surface area contributed by atoms with Crippen LogP contribution in [0.5, 0.6) is 0 Å². The topological polar surface area (TPSA) is 49.6 Å². The van der Waals surface area contributed by atoms with E-state index in [1.54, 1.807) is 11.3 Å². The Labute approximate surface area is 141 Å². The second-order valence-electron chi connectivity index (χ2n) is 5.96. The molecule has 2 aromatic rings. The first kappa shape index (κ1) is 16.2. The zero-order valence-corrected chi connectivity index (χ0v) is 14.0. The Bertz CT molecular complexity index is 606. The van der Waals surface area contributed by atoms with Gasteiger partial charge in [-0.15, -0.1) is 11.3 Å². The largest absolute Gasteiger partial charge is 0.340 e. The molecule has 2 heterocycles. The smallest absolute Gasteiger partial charge is 0.224 e. The van der Waals surface area contributed by atoms with Crippen LogP contribution in [0.15, 0.2) is 47.8 Å². The zero-order valence-electron chi connectivity index (χ0n) is 13.2. The molecule has 1 fully saturated rings. The predicted octanol–water partition coefficient (Wildman–Crippen LogP) is 2.48. The Kier molecular flexibility index (Phi) is 5.43. The predicted molar refractivity (Wildman–Crippen MR) is 94.2 cm³/mol. The van der Waals surface area contributed by atoms with Gasteiger partial charge in [0.05, 0.1) is 0 Å². The van der Waals surface area contributed by atoms with E-state index in [-0.39, 0.29) is 11.9 Å². The third-order valence-corrected chi connectivity index (χ3v) is 5.17. The highest BCUT2D eigenvalue weighted by Gasteiger charge is 2.23. The van der Waals surface area contributed by atoms with E-state index in [9.17, 15) is 4.79 Å². The number of rotatable bonds is 5. The second-order valence-corrected chi connectivity index (χ2v) is 6.99. The van der Waals surface area contributed by atoms with Gasteiger partial charge in [0.1, 0.15) is 0 Å². The van der Waals surface area contributed by atoms with Gasteiger partial charge in [0.2, 0.25) is 5.91 Å². The lowest BCUT2D eigenvalue weighted by Gasteiger charge is -2.35. The first-order chi connectivity index (χ1) is 11.2. The van der Waals surface area contributed by atoms with E-state index in [1.165, 1.54) is 4.88 Å². The molecule has 4 nitrogen and oxygen atoms in total. The van der Waals surface area contributed by atoms with Crippen molar-refractivity contribution in [3.63, 3.8) is 0 Å². The van der Waals surface area contributed by atoms with Gasteiger partial charge in [0, 0.05) is 50.1 Å². The third kappa shape index (κ3) is 4.41. The van der Waals surface area contributed by atoms with Gasteiger partial charge in [-0.1, -0.05) is 36.4 Å². The minimum Gasteiger partial charge on any atom is -0.340 e. The fourth-order valence-electron chi connectivity index (χ4n) is 2.91. The molecule has 1 aliphatic rings. The van der Waals surface area contributed by atoms with E-state index < -0.39 is 0 Å². The molecule has 2 N–H and O–H groups in total. The van der Waals surface area contributed by atoms with E-state index in [4.69, 9.17) is 5.73 Å². The van der Waals surface area contributed by atoms with Gasteiger partial charge in [0.15, 0.2) is 0 Å². The number of piperazine rings is 1. The van der Waals surface area contributed by atoms with Crippen molar-refractivity contribution in [2.75, 3.05) is 26.2 Å². The molecule has 1 saturated heterocycles. The van der Waals surface area contributed by atoms with E-state index in [1.807, 2.05) is 35.2 Å². The standard InChI is InChI=1S/C18H23N3OS/c19-17(15-5-2-1-3-6-15)13-18(22)21-10-8-20(9-11-21)14-16-7-4-12-23-16/h1-7,12,17H,8-11,13-14,19H2. The summed E-state index contributed by atoms with van der Waals surface area (Å²) in [6, 6.07) is 13.9. The summed E-state index contributed by atoms with van der Waals surface area (Å²) in [7, 11) is 0. The third-order valence-electron chi connectivity index (χ3n) is 4.31. The molecule has 0 bridgehead atoms. The van der Waals surface area contributed by atoms with Crippen molar-refractivity contribution in [2.24, 2.45) is 5.73 Å². The van der Waals surface area contributed by atoms with Crippen molar-refractivity contribution in [1.29, 1.82) is 0 Å². The Balaban J connectivity index is 1.46.